The number of hydrogen-bond acceptors (Lipinski definition) is 6. The first-order valence-electron chi connectivity index (χ1n) is 11.9. The van der Waals surface area contributed by atoms with E-state index in [0.29, 0.717) is 24.5 Å². The highest BCUT2D eigenvalue weighted by Gasteiger charge is 2.51. The van der Waals surface area contributed by atoms with Gasteiger partial charge in [-0.05, 0) is 61.9 Å². The fourth-order valence-corrected chi connectivity index (χ4v) is 4.08. The van der Waals surface area contributed by atoms with Crippen molar-refractivity contribution in [2.45, 2.75) is 51.1 Å². The number of alkyl halides is 3. The maximum absolute atomic E-state index is 13.1. The number of halogens is 3. The van der Waals surface area contributed by atoms with Crippen molar-refractivity contribution in [2.75, 3.05) is 23.9 Å². The van der Waals surface area contributed by atoms with Crippen molar-refractivity contribution < 1.29 is 37.0 Å². The van der Waals surface area contributed by atoms with E-state index in [1.165, 1.54) is 19.3 Å². The van der Waals surface area contributed by atoms with Gasteiger partial charge in [-0.1, -0.05) is 30.3 Å². The largest absolute Gasteiger partial charge is 0.482 e. The predicted octanol–water partition coefficient (Wildman–Crippen LogP) is 5.85. The minimum absolute atomic E-state index is 0.247. The standard InChI is InChI=1S/C27H29F3N2O5/c1-26(2,27(28,29)30)37-25(34)31-19-11-12-22-21(13-19)32(15-17-7-5-4-6-8-17)16-23(36-22)20(18-9-10-18)14-24(33)35-3/h4-8,11-14,18,23H,9-10,15-16H2,1-3H3,(H,31,34)/b20-14+/t23-/m1/s1. The third-order valence-electron chi connectivity index (χ3n) is 6.35. The highest BCUT2D eigenvalue weighted by molar-refractivity contribution is 5.87. The molecule has 10 heteroatoms. The van der Waals surface area contributed by atoms with Crippen LogP contribution in [0.3, 0.4) is 0 Å². The molecular formula is C27H29F3N2O5. The van der Waals surface area contributed by atoms with Crippen LogP contribution in [0, 0.1) is 5.92 Å². The van der Waals surface area contributed by atoms with Crippen LogP contribution in [0.5, 0.6) is 5.75 Å². The van der Waals surface area contributed by atoms with Gasteiger partial charge in [0.1, 0.15) is 11.9 Å². The van der Waals surface area contributed by atoms with Crippen LogP contribution < -0.4 is 15.0 Å². The molecular weight excluding hydrogens is 489 g/mol. The van der Waals surface area contributed by atoms with E-state index in [9.17, 15) is 22.8 Å². The molecule has 198 valence electrons. The Bertz CT molecular complexity index is 1180. The second kappa shape index (κ2) is 10.4. The normalized spacial score (nSPS) is 17.9. The number of nitrogens with one attached hydrogen (secondary N) is 1. The van der Waals surface area contributed by atoms with E-state index < -0.39 is 23.8 Å². The highest BCUT2D eigenvalue weighted by atomic mass is 19.4. The molecule has 0 spiro atoms. The first kappa shape index (κ1) is 26.4. The van der Waals surface area contributed by atoms with E-state index in [-0.39, 0.29) is 17.7 Å². The van der Waals surface area contributed by atoms with Gasteiger partial charge >= 0.3 is 18.2 Å². The third-order valence-corrected chi connectivity index (χ3v) is 6.35. The molecule has 1 heterocycles. The summed E-state index contributed by atoms with van der Waals surface area (Å²) in [6.07, 6.45) is -2.89. The molecule has 0 aromatic heterocycles. The lowest BCUT2D eigenvalue weighted by Crippen LogP contribution is -2.44. The Balaban J connectivity index is 1.61. The molecule has 1 aliphatic carbocycles. The van der Waals surface area contributed by atoms with E-state index in [2.05, 4.69) is 15.0 Å². The molecule has 1 fully saturated rings. The number of amides is 1. The summed E-state index contributed by atoms with van der Waals surface area (Å²) in [5.74, 6) is 0.334. The van der Waals surface area contributed by atoms with Crippen LogP contribution in [-0.2, 0) is 20.8 Å². The molecule has 1 saturated carbocycles. The van der Waals surface area contributed by atoms with Crippen LogP contribution in [0.4, 0.5) is 29.3 Å². The van der Waals surface area contributed by atoms with Gasteiger partial charge < -0.3 is 19.1 Å². The minimum atomic E-state index is -4.72. The highest BCUT2D eigenvalue weighted by Crippen LogP contribution is 2.44. The topological polar surface area (TPSA) is 77.1 Å². The molecule has 0 bridgehead atoms. The zero-order chi connectivity index (χ0) is 26.8. The Morgan fingerprint density at radius 1 is 1.14 bits per heavy atom. The van der Waals surface area contributed by atoms with Crippen LogP contribution in [0.2, 0.25) is 0 Å². The van der Waals surface area contributed by atoms with Gasteiger partial charge in [-0.25, -0.2) is 9.59 Å². The second-order valence-electron chi connectivity index (χ2n) is 9.62. The van der Waals surface area contributed by atoms with Crippen LogP contribution in [-0.4, -0.2) is 43.6 Å². The number of fused-ring (bicyclic) bond motifs is 1. The number of nitrogens with zero attached hydrogens (tertiary/aromatic N) is 1. The number of anilines is 2. The predicted molar refractivity (Wildman–Crippen MR) is 131 cm³/mol. The van der Waals surface area contributed by atoms with Gasteiger partial charge in [-0.15, -0.1) is 0 Å². The number of benzene rings is 2. The molecule has 7 nitrogen and oxygen atoms in total. The van der Waals surface area contributed by atoms with Gasteiger partial charge in [0.05, 0.1) is 19.3 Å². The lowest BCUT2D eigenvalue weighted by atomic mass is 10.0. The van der Waals surface area contributed by atoms with Gasteiger partial charge in [0.25, 0.3) is 0 Å². The van der Waals surface area contributed by atoms with Crippen LogP contribution in [0.15, 0.2) is 60.2 Å². The molecule has 1 aliphatic heterocycles. The smallest absolute Gasteiger partial charge is 0.427 e. The van der Waals surface area contributed by atoms with Crippen LogP contribution in [0.25, 0.3) is 0 Å². The van der Waals surface area contributed by atoms with Gasteiger partial charge in [0, 0.05) is 18.3 Å². The molecule has 0 unspecified atom stereocenters. The molecule has 37 heavy (non-hydrogen) atoms. The average molecular weight is 519 g/mol. The summed E-state index contributed by atoms with van der Waals surface area (Å²) in [6, 6.07) is 14.5. The van der Waals surface area contributed by atoms with Crippen molar-refractivity contribution in [3.8, 4) is 5.75 Å². The minimum Gasteiger partial charge on any atom is -0.482 e. The van der Waals surface area contributed by atoms with E-state index in [1.54, 1.807) is 12.1 Å². The summed E-state index contributed by atoms with van der Waals surface area (Å²) >= 11 is 0. The quantitative estimate of drug-likeness (QED) is 0.366. The summed E-state index contributed by atoms with van der Waals surface area (Å²) in [5, 5.41) is 2.38. The number of ether oxygens (including phenoxy) is 3. The van der Waals surface area contributed by atoms with Crippen LogP contribution in [0.1, 0.15) is 32.3 Å². The van der Waals surface area contributed by atoms with Crippen molar-refractivity contribution in [1.29, 1.82) is 0 Å². The maximum atomic E-state index is 13.1. The fourth-order valence-electron chi connectivity index (χ4n) is 4.08. The fraction of sp³-hybridized carbons (Fsp3) is 0.407. The Morgan fingerprint density at radius 2 is 1.84 bits per heavy atom. The average Bonchev–Trinajstić information content (AvgIpc) is 3.67. The molecule has 0 radical (unpaired) electrons. The van der Waals surface area contributed by atoms with E-state index in [1.807, 2.05) is 30.3 Å². The Kier molecular flexibility index (Phi) is 7.38. The monoisotopic (exact) mass is 518 g/mol. The zero-order valence-electron chi connectivity index (χ0n) is 20.8. The van der Waals surface area contributed by atoms with E-state index in [4.69, 9.17) is 9.47 Å². The van der Waals surface area contributed by atoms with Crippen molar-refractivity contribution in [3.63, 3.8) is 0 Å². The molecule has 1 atom stereocenters. The summed E-state index contributed by atoms with van der Waals surface area (Å²) in [6.45, 7) is 2.51. The van der Waals surface area contributed by atoms with E-state index >= 15 is 0 Å². The number of carbonyl (C=O) groups is 2. The molecule has 2 aromatic rings. The molecule has 4 rings (SSSR count). The first-order chi connectivity index (χ1) is 17.5. The van der Waals surface area contributed by atoms with Crippen molar-refractivity contribution in [2.24, 2.45) is 5.92 Å². The molecule has 1 amide bonds. The Hall–Kier alpha value is -3.69. The van der Waals surface area contributed by atoms with Gasteiger partial charge in [-0.3, -0.25) is 5.32 Å². The lowest BCUT2D eigenvalue weighted by molar-refractivity contribution is -0.242. The summed E-state index contributed by atoms with van der Waals surface area (Å²) in [4.78, 5) is 26.3. The number of esters is 1. The first-order valence-corrected chi connectivity index (χ1v) is 11.9. The summed E-state index contributed by atoms with van der Waals surface area (Å²) < 4.78 is 55.1. The number of rotatable bonds is 7. The van der Waals surface area contributed by atoms with Gasteiger partial charge in [0.2, 0.25) is 5.60 Å². The van der Waals surface area contributed by atoms with Crippen molar-refractivity contribution in [3.05, 3.63) is 65.7 Å². The molecule has 1 N–H and O–H groups in total. The van der Waals surface area contributed by atoms with E-state index in [0.717, 1.165) is 37.8 Å². The van der Waals surface area contributed by atoms with Crippen molar-refractivity contribution in [1.82, 2.24) is 0 Å². The second-order valence-corrected chi connectivity index (χ2v) is 9.62. The lowest BCUT2D eigenvalue weighted by Gasteiger charge is -2.38. The summed E-state index contributed by atoms with van der Waals surface area (Å²) in [7, 11) is 1.33. The number of methoxy groups -OCH3 is 1. The van der Waals surface area contributed by atoms with Gasteiger partial charge in [-0.2, -0.15) is 13.2 Å². The number of hydrogen-bond donors (Lipinski definition) is 1. The summed E-state index contributed by atoms with van der Waals surface area (Å²) in [5.41, 5.74) is 0.168. The molecule has 2 aliphatic rings. The molecule has 0 saturated heterocycles. The Labute approximate surface area is 213 Å². The maximum Gasteiger partial charge on any atom is 0.427 e. The molecule has 2 aromatic carbocycles. The third kappa shape index (κ3) is 6.36. The number of carbonyl (C=O) groups excluding carboxylic acids is 2. The zero-order valence-corrected chi connectivity index (χ0v) is 20.8. The van der Waals surface area contributed by atoms with Gasteiger partial charge in [0.15, 0.2) is 0 Å². The SMILES string of the molecule is COC(=O)/C=C(\C1CC1)[C@H]1CN(Cc2ccccc2)c2cc(NC(=O)OC(C)(C)C(F)(F)F)ccc2O1. The van der Waals surface area contributed by atoms with Crippen LogP contribution >= 0.6 is 0 Å². The Morgan fingerprint density at radius 3 is 2.46 bits per heavy atom. The van der Waals surface area contributed by atoms with Crippen molar-refractivity contribution >= 4 is 23.4 Å².